The molecule has 0 aliphatic heterocycles. The minimum atomic E-state index is -0.563. The van der Waals surface area contributed by atoms with E-state index in [1.54, 1.807) is 0 Å². The van der Waals surface area contributed by atoms with Crippen molar-refractivity contribution in [2.75, 3.05) is 12.8 Å². The largest absolute Gasteiger partial charge is 0.451 e. The molecule has 0 aliphatic carbocycles. The van der Waals surface area contributed by atoms with E-state index in [-0.39, 0.29) is 0 Å². The first-order valence-corrected chi connectivity index (χ1v) is 3.89. The Kier molecular flexibility index (Phi) is 1.81. The van der Waals surface area contributed by atoms with Crippen molar-refractivity contribution in [3.05, 3.63) is 18.6 Å². The van der Waals surface area contributed by atoms with Gasteiger partial charge in [-0.25, -0.2) is 4.79 Å². The molecule has 72 valence electrons. The van der Waals surface area contributed by atoms with E-state index >= 15 is 0 Å². The van der Waals surface area contributed by atoms with Gasteiger partial charge in [-0.05, 0) is 0 Å². The summed E-state index contributed by atoms with van der Waals surface area (Å²) >= 11 is 0. The van der Waals surface area contributed by atoms with Gasteiger partial charge in [0.2, 0.25) is 0 Å². The van der Waals surface area contributed by atoms with Crippen LogP contribution in [0.4, 0.5) is 10.5 Å². The molecule has 0 fully saturated rings. The third-order valence-electron chi connectivity index (χ3n) is 1.88. The van der Waals surface area contributed by atoms with Crippen molar-refractivity contribution in [2.24, 2.45) is 0 Å². The van der Waals surface area contributed by atoms with Gasteiger partial charge in [-0.2, -0.15) is 9.78 Å². The summed E-state index contributed by atoms with van der Waals surface area (Å²) in [6.07, 6.45) is 3.96. The number of carbonyl (C=O) groups excluding carboxylic acids is 1. The fourth-order valence-electron chi connectivity index (χ4n) is 1.19. The number of aromatic nitrogens is 3. The van der Waals surface area contributed by atoms with E-state index in [1.165, 1.54) is 25.7 Å². The van der Waals surface area contributed by atoms with Gasteiger partial charge in [-0.1, -0.05) is 0 Å². The van der Waals surface area contributed by atoms with Gasteiger partial charge in [0.25, 0.3) is 0 Å². The molecule has 0 spiro atoms. The zero-order valence-corrected chi connectivity index (χ0v) is 7.47. The molecule has 0 radical (unpaired) electrons. The first kappa shape index (κ1) is 8.49. The summed E-state index contributed by atoms with van der Waals surface area (Å²) < 4.78 is 5.65. The summed E-state index contributed by atoms with van der Waals surface area (Å²) in [5.41, 5.74) is 6.67. The number of nitrogen functional groups attached to an aromatic ring is 1. The number of rotatable bonds is 0. The van der Waals surface area contributed by atoms with E-state index in [2.05, 4.69) is 14.8 Å². The van der Waals surface area contributed by atoms with E-state index in [9.17, 15) is 4.79 Å². The van der Waals surface area contributed by atoms with Crippen LogP contribution >= 0.6 is 0 Å². The number of hydrogen-bond donors (Lipinski definition) is 1. The van der Waals surface area contributed by atoms with Gasteiger partial charge in [0.1, 0.15) is 5.52 Å². The lowest BCUT2D eigenvalue weighted by Crippen LogP contribution is -2.12. The topological polar surface area (TPSA) is 83.0 Å². The van der Waals surface area contributed by atoms with Crippen LogP contribution in [0.2, 0.25) is 0 Å². The highest BCUT2D eigenvalue weighted by atomic mass is 16.5. The summed E-state index contributed by atoms with van der Waals surface area (Å²) in [7, 11) is 1.29. The molecule has 0 bridgehead atoms. The molecule has 2 heterocycles. The molecule has 2 aromatic heterocycles. The van der Waals surface area contributed by atoms with Crippen molar-refractivity contribution in [3.63, 3.8) is 0 Å². The number of nitrogens with zero attached hydrogens (tertiary/aromatic N) is 3. The van der Waals surface area contributed by atoms with Crippen LogP contribution in [-0.2, 0) is 4.74 Å². The lowest BCUT2D eigenvalue weighted by Gasteiger charge is -1.99. The Labute approximate surface area is 79.3 Å². The highest BCUT2D eigenvalue weighted by molar-refractivity contribution is 5.93. The van der Waals surface area contributed by atoms with E-state index in [0.717, 1.165) is 4.68 Å². The van der Waals surface area contributed by atoms with Crippen LogP contribution < -0.4 is 5.73 Å². The smallest absolute Gasteiger partial charge is 0.435 e. The summed E-state index contributed by atoms with van der Waals surface area (Å²) in [5.74, 6) is 0. The van der Waals surface area contributed by atoms with Gasteiger partial charge >= 0.3 is 6.09 Å². The van der Waals surface area contributed by atoms with Crippen molar-refractivity contribution >= 4 is 22.7 Å². The van der Waals surface area contributed by atoms with E-state index in [1.807, 2.05) is 0 Å². The molecular formula is C8H8N4O2. The predicted molar refractivity (Wildman–Crippen MR) is 49.7 cm³/mol. The molecule has 0 atom stereocenters. The first-order valence-electron chi connectivity index (χ1n) is 3.89. The average molecular weight is 192 g/mol. The molecule has 0 aliphatic rings. The van der Waals surface area contributed by atoms with E-state index in [0.29, 0.717) is 16.6 Å². The van der Waals surface area contributed by atoms with Crippen molar-refractivity contribution in [1.82, 2.24) is 14.8 Å². The summed E-state index contributed by atoms with van der Waals surface area (Å²) in [6, 6.07) is 0. The third-order valence-corrected chi connectivity index (χ3v) is 1.88. The second-order valence-electron chi connectivity index (χ2n) is 2.69. The molecule has 2 N–H and O–H groups in total. The zero-order chi connectivity index (χ0) is 10.1. The minimum absolute atomic E-state index is 0.484. The molecule has 14 heavy (non-hydrogen) atoms. The molecule has 6 nitrogen and oxygen atoms in total. The second kappa shape index (κ2) is 2.99. The lowest BCUT2D eigenvalue weighted by atomic mass is 10.3. The normalized spacial score (nSPS) is 10.4. The Hall–Kier alpha value is -2.11. The number of nitrogens with two attached hydrogens (primary N) is 1. The highest BCUT2D eigenvalue weighted by Crippen LogP contribution is 2.18. The standard InChI is InChI=1S/C8H8N4O2/c1-14-8(13)12-7-4-10-3-6(9)5(7)2-11-12/h2-4H,9H2,1H3. The Bertz CT molecular complexity index is 491. The minimum Gasteiger partial charge on any atom is -0.451 e. The lowest BCUT2D eigenvalue weighted by molar-refractivity contribution is 0.170. The van der Waals surface area contributed by atoms with Gasteiger partial charge in [-0.15, -0.1) is 0 Å². The van der Waals surface area contributed by atoms with Gasteiger partial charge in [0.05, 0.1) is 31.4 Å². The predicted octanol–water partition coefficient (Wildman–Crippen LogP) is 0.628. The number of hydrogen-bond acceptors (Lipinski definition) is 5. The number of anilines is 1. The molecule has 0 aromatic carbocycles. The molecule has 0 amide bonds. The monoisotopic (exact) mass is 192 g/mol. The van der Waals surface area contributed by atoms with Crippen LogP contribution in [0.15, 0.2) is 18.6 Å². The fraction of sp³-hybridized carbons (Fsp3) is 0.125. The summed E-state index contributed by atoms with van der Waals surface area (Å²) in [4.78, 5) is 15.1. The van der Waals surface area contributed by atoms with Crippen LogP contribution in [0.25, 0.3) is 10.9 Å². The first-order chi connectivity index (χ1) is 6.74. The molecule has 0 unspecified atom stereocenters. The number of methoxy groups -OCH3 is 1. The second-order valence-corrected chi connectivity index (χ2v) is 2.69. The molecule has 0 saturated heterocycles. The fourth-order valence-corrected chi connectivity index (χ4v) is 1.19. The average Bonchev–Trinajstić information content (AvgIpc) is 2.62. The molecule has 0 saturated carbocycles. The molecular weight excluding hydrogens is 184 g/mol. The van der Waals surface area contributed by atoms with Gasteiger partial charge < -0.3 is 10.5 Å². The molecule has 2 aromatic rings. The maximum atomic E-state index is 11.2. The molecule has 2 rings (SSSR count). The number of ether oxygens (including phenoxy) is 1. The Morgan fingerprint density at radius 3 is 3.00 bits per heavy atom. The van der Waals surface area contributed by atoms with Crippen LogP contribution in [0.1, 0.15) is 0 Å². The Morgan fingerprint density at radius 1 is 1.50 bits per heavy atom. The van der Waals surface area contributed by atoms with Crippen LogP contribution in [0, 0.1) is 0 Å². The van der Waals surface area contributed by atoms with Crippen molar-refractivity contribution < 1.29 is 9.53 Å². The summed E-state index contributed by atoms with van der Waals surface area (Å²) in [6.45, 7) is 0. The van der Waals surface area contributed by atoms with Crippen LogP contribution in [0.3, 0.4) is 0 Å². The van der Waals surface area contributed by atoms with Gasteiger partial charge in [-0.3, -0.25) is 4.98 Å². The van der Waals surface area contributed by atoms with E-state index in [4.69, 9.17) is 5.73 Å². The van der Waals surface area contributed by atoms with Crippen molar-refractivity contribution in [2.45, 2.75) is 0 Å². The number of carbonyl (C=O) groups is 1. The van der Waals surface area contributed by atoms with E-state index < -0.39 is 6.09 Å². The highest BCUT2D eigenvalue weighted by Gasteiger charge is 2.11. The number of fused-ring (bicyclic) bond motifs is 1. The zero-order valence-electron chi connectivity index (χ0n) is 7.47. The van der Waals surface area contributed by atoms with Crippen LogP contribution in [-0.4, -0.2) is 28.0 Å². The van der Waals surface area contributed by atoms with Gasteiger partial charge in [0, 0.05) is 5.39 Å². The quantitative estimate of drug-likeness (QED) is 0.661. The SMILES string of the molecule is COC(=O)n1ncc2c(N)cncc21. The Morgan fingerprint density at radius 2 is 2.29 bits per heavy atom. The third kappa shape index (κ3) is 1.08. The van der Waals surface area contributed by atoms with Crippen molar-refractivity contribution in [3.8, 4) is 0 Å². The van der Waals surface area contributed by atoms with Gasteiger partial charge in [0.15, 0.2) is 0 Å². The number of pyridine rings is 1. The van der Waals surface area contributed by atoms with Crippen LogP contribution in [0.5, 0.6) is 0 Å². The van der Waals surface area contributed by atoms with Crippen molar-refractivity contribution in [1.29, 1.82) is 0 Å². The molecule has 6 heteroatoms. The maximum Gasteiger partial charge on any atom is 0.435 e. The Balaban J connectivity index is 2.70. The maximum absolute atomic E-state index is 11.2. The summed E-state index contributed by atoms with van der Waals surface area (Å²) in [5, 5.41) is 4.53.